The third kappa shape index (κ3) is 3.70. The molecule has 1 saturated heterocycles. The molecule has 3 saturated carbocycles. The third-order valence-corrected chi connectivity index (χ3v) is 8.08. The van der Waals surface area contributed by atoms with Crippen molar-refractivity contribution < 1.29 is 9.53 Å². The molecule has 3 nitrogen and oxygen atoms in total. The lowest BCUT2D eigenvalue weighted by molar-refractivity contribution is -0.154. The maximum atomic E-state index is 13.1. The molecule has 26 heavy (non-hydrogen) atoms. The molecule has 148 valence electrons. The van der Waals surface area contributed by atoms with Crippen molar-refractivity contribution in [3.05, 3.63) is 0 Å². The minimum Gasteiger partial charge on any atom is -0.464 e. The Morgan fingerprint density at radius 3 is 1.96 bits per heavy atom. The molecule has 4 aliphatic rings. The van der Waals surface area contributed by atoms with Gasteiger partial charge in [0.2, 0.25) is 0 Å². The first-order valence-corrected chi connectivity index (χ1v) is 11.7. The summed E-state index contributed by atoms with van der Waals surface area (Å²) in [7, 11) is 0. The van der Waals surface area contributed by atoms with Gasteiger partial charge in [-0.3, -0.25) is 9.69 Å². The minimum absolute atomic E-state index is 0.0114. The Bertz CT molecular complexity index is 451. The molecule has 0 amide bonds. The molecule has 0 N–H and O–H groups in total. The quantitative estimate of drug-likeness (QED) is 0.621. The molecule has 0 aromatic rings. The van der Waals surface area contributed by atoms with Crippen molar-refractivity contribution in [3.63, 3.8) is 0 Å². The molecule has 0 aromatic heterocycles. The summed E-state index contributed by atoms with van der Waals surface area (Å²) in [6.45, 7) is 2.87. The first-order chi connectivity index (χ1) is 12.8. The van der Waals surface area contributed by atoms with Crippen LogP contribution in [0.25, 0.3) is 0 Å². The number of hydrogen-bond donors (Lipinski definition) is 0. The number of ether oxygens (including phenoxy) is 1. The molecule has 1 aliphatic heterocycles. The predicted molar refractivity (Wildman–Crippen MR) is 105 cm³/mol. The van der Waals surface area contributed by atoms with E-state index in [2.05, 4.69) is 11.8 Å². The fraction of sp³-hybridized carbons (Fsp3) is 0.957. The van der Waals surface area contributed by atoms with Gasteiger partial charge in [-0.2, -0.15) is 0 Å². The van der Waals surface area contributed by atoms with Crippen LogP contribution in [0.15, 0.2) is 0 Å². The lowest BCUT2D eigenvalue weighted by atomic mass is 9.73. The lowest BCUT2D eigenvalue weighted by Crippen LogP contribution is -2.50. The maximum Gasteiger partial charge on any atom is 0.323 e. The molecule has 5 unspecified atom stereocenters. The SMILES string of the molecule is CCC(C(=O)OCC1CCCCC1)N1C2CCCCC2C2CCCCC21. The highest BCUT2D eigenvalue weighted by atomic mass is 16.5. The van der Waals surface area contributed by atoms with Gasteiger partial charge in [-0.05, 0) is 62.7 Å². The topological polar surface area (TPSA) is 29.5 Å². The second-order valence-corrected chi connectivity index (χ2v) is 9.54. The van der Waals surface area contributed by atoms with Gasteiger partial charge in [-0.25, -0.2) is 0 Å². The average Bonchev–Trinajstić information content (AvgIpc) is 3.03. The standard InChI is InChI=1S/C23H39NO2/c1-2-20(23(25)26-16-17-10-4-3-5-11-17)24-21-14-8-6-12-18(21)19-13-7-9-15-22(19)24/h17-22H,2-16H2,1H3. The van der Waals surface area contributed by atoms with Gasteiger partial charge in [0.15, 0.2) is 0 Å². The molecular formula is C23H39NO2. The van der Waals surface area contributed by atoms with E-state index in [1.54, 1.807) is 0 Å². The zero-order valence-corrected chi connectivity index (χ0v) is 16.8. The van der Waals surface area contributed by atoms with Gasteiger partial charge in [0, 0.05) is 12.1 Å². The number of carbonyl (C=O) groups is 1. The number of rotatable bonds is 5. The lowest BCUT2D eigenvalue weighted by Gasteiger charge is -2.39. The summed E-state index contributed by atoms with van der Waals surface area (Å²) in [5.74, 6) is 2.42. The summed E-state index contributed by atoms with van der Waals surface area (Å²) in [4.78, 5) is 15.8. The van der Waals surface area contributed by atoms with Crippen LogP contribution >= 0.6 is 0 Å². The van der Waals surface area contributed by atoms with Crippen LogP contribution in [0, 0.1) is 17.8 Å². The van der Waals surface area contributed by atoms with Crippen molar-refractivity contribution in [2.45, 2.75) is 115 Å². The minimum atomic E-state index is 0.0114. The summed E-state index contributed by atoms with van der Waals surface area (Å²) in [6, 6.07) is 1.32. The first-order valence-electron chi connectivity index (χ1n) is 11.7. The summed E-state index contributed by atoms with van der Waals surface area (Å²) in [5.41, 5.74) is 0. The Kier molecular flexibility index (Phi) is 6.23. The molecule has 0 bridgehead atoms. The van der Waals surface area contributed by atoms with Crippen LogP contribution in [0.5, 0.6) is 0 Å². The fourth-order valence-electron chi connectivity index (χ4n) is 6.88. The van der Waals surface area contributed by atoms with Crippen LogP contribution in [0.3, 0.4) is 0 Å². The van der Waals surface area contributed by atoms with Crippen molar-refractivity contribution in [3.8, 4) is 0 Å². The van der Waals surface area contributed by atoms with E-state index < -0.39 is 0 Å². The van der Waals surface area contributed by atoms with E-state index in [-0.39, 0.29) is 12.0 Å². The van der Waals surface area contributed by atoms with E-state index in [0.717, 1.165) is 18.3 Å². The van der Waals surface area contributed by atoms with Crippen LogP contribution < -0.4 is 0 Å². The van der Waals surface area contributed by atoms with Crippen molar-refractivity contribution >= 4 is 5.97 Å². The number of nitrogens with zero attached hydrogens (tertiary/aromatic N) is 1. The average molecular weight is 362 g/mol. The van der Waals surface area contributed by atoms with E-state index in [1.165, 1.54) is 83.5 Å². The molecule has 4 fully saturated rings. The molecular weight excluding hydrogens is 322 g/mol. The van der Waals surface area contributed by atoms with Gasteiger partial charge >= 0.3 is 5.97 Å². The Morgan fingerprint density at radius 2 is 1.38 bits per heavy atom. The second kappa shape index (κ2) is 8.63. The summed E-state index contributed by atoms with van der Waals surface area (Å²) >= 11 is 0. The highest BCUT2D eigenvalue weighted by molar-refractivity contribution is 5.76. The zero-order valence-electron chi connectivity index (χ0n) is 16.8. The van der Waals surface area contributed by atoms with E-state index in [1.807, 2.05) is 0 Å². The zero-order chi connectivity index (χ0) is 17.9. The fourth-order valence-corrected chi connectivity index (χ4v) is 6.88. The Balaban J connectivity index is 1.44. The molecule has 3 aliphatic carbocycles. The Hall–Kier alpha value is -0.570. The second-order valence-electron chi connectivity index (χ2n) is 9.54. The van der Waals surface area contributed by atoms with Crippen molar-refractivity contribution in [2.75, 3.05) is 6.61 Å². The first kappa shape index (κ1) is 18.8. The van der Waals surface area contributed by atoms with Gasteiger partial charge < -0.3 is 4.74 Å². The highest BCUT2D eigenvalue weighted by Gasteiger charge is 2.52. The van der Waals surface area contributed by atoms with Crippen molar-refractivity contribution in [2.24, 2.45) is 17.8 Å². The molecule has 1 heterocycles. The van der Waals surface area contributed by atoms with Crippen LogP contribution in [-0.2, 0) is 9.53 Å². The number of fused-ring (bicyclic) bond motifs is 3. The molecule has 0 radical (unpaired) electrons. The third-order valence-electron chi connectivity index (χ3n) is 8.08. The van der Waals surface area contributed by atoms with Gasteiger partial charge in [-0.15, -0.1) is 0 Å². The predicted octanol–water partition coefficient (Wildman–Crippen LogP) is 5.32. The molecule has 0 spiro atoms. The van der Waals surface area contributed by atoms with Crippen LogP contribution in [0.4, 0.5) is 0 Å². The van der Waals surface area contributed by atoms with Gasteiger partial charge in [-0.1, -0.05) is 51.9 Å². The molecule has 4 rings (SSSR count). The van der Waals surface area contributed by atoms with Crippen molar-refractivity contribution in [1.82, 2.24) is 4.90 Å². The van der Waals surface area contributed by atoms with Crippen molar-refractivity contribution in [1.29, 1.82) is 0 Å². The summed E-state index contributed by atoms with van der Waals surface area (Å²) in [5, 5.41) is 0. The number of hydrogen-bond acceptors (Lipinski definition) is 3. The van der Waals surface area contributed by atoms with Crippen LogP contribution in [0.2, 0.25) is 0 Å². The van der Waals surface area contributed by atoms with E-state index in [9.17, 15) is 4.79 Å². The van der Waals surface area contributed by atoms with Crippen LogP contribution in [-0.4, -0.2) is 35.6 Å². The van der Waals surface area contributed by atoms with Crippen LogP contribution in [0.1, 0.15) is 96.8 Å². The Labute approximate surface area is 160 Å². The number of carbonyl (C=O) groups excluding carboxylic acids is 1. The van der Waals surface area contributed by atoms with Gasteiger partial charge in [0.1, 0.15) is 6.04 Å². The largest absolute Gasteiger partial charge is 0.464 e. The normalized spacial score (nSPS) is 37.0. The number of likely N-dealkylation sites (tertiary alicyclic amines) is 1. The van der Waals surface area contributed by atoms with E-state index in [4.69, 9.17) is 4.74 Å². The molecule has 3 heteroatoms. The summed E-state index contributed by atoms with van der Waals surface area (Å²) < 4.78 is 5.93. The smallest absolute Gasteiger partial charge is 0.323 e. The van der Waals surface area contributed by atoms with Gasteiger partial charge in [0.05, 0.1) is 6.61 Å². The maximum absolute atomic E-state index is 13.1. The number of esters is 1. The summed E-state index contributed by atoms with van der Waals surface area (Å²) in [6.07, 6.45) is 18.3. The Morgan fingerprint density at radius 1 is 0.846 bits per heavy atom. The highest BCUT2D eigenvalue weighted by Crippen LogP contribution is 2.50. The van der Waals surface area contributed by atoms with E-state index >= 15 is 0 Å². The molecule has 0 aromatic carbocycles. The molecule has 5 atom stereocenters. The van der Waals surface area contributed by atoms with Gasteiger partial charge in [0.25, 0.3) is 0 Å². The van der Waals surface area contributed by atoms with E-state index in [0.29, 0.717) is 24.6 Å². The monoisotopic (exact) mass is 361 g/mol.